The Morgan fingerprint density at radius 1 is 1.15 bits per heavy atom. The van der Waals surface area contributed by atoms with Crippen LogP contribution >= 0.6 is 0 Å². The third-order valence-electron chi connectivity index (χ3n) is 4.35. The van der Waals surface area contributed by atoms with Crippen molar-refractivity contribution >= 4 is 0 Å². The summed E-state index contributed by atoms with van der Waals surface area (Å²) in [5.41, 5.74) is 6.76. The largest absolute Gasteiger partial charge is 0.507 e. The van der Waals surface area contributed by atoms with Crippen LogP contribution in [0.1, 0.15) is 75.0 Å². The molecule has 2 nitrogen and oxygen atoms in total. The summed E-state index contributed by atoms with van der Waals surface area (Å²) in [6.07, 6.45) is 1.87. The van der Waals surface area contributed by atoms with E-state index >= 15 is 0 Å². The highest BCUT2D eigenvalue weighted by molar-refractivity contribution is 5.48. The summed E-state index contributed by atoms with van der Waals surface area (Å²) in [6, 6.07) is 3.22. The summed E-state index contributed by atoms with van der Waals surface area (Å²) < 4.78 is 26.3. The highest BCUT2D eigenvalue weighted by Gasteiger charge is 2.34. The van der Waals surface area contributed by atoms with E-state index in [1.54, 1.807) is 0 Å². The Morgan fingerprint density at radius 3 is 2.25 bits per heavy atom. The van der Waals surface area contributed by atoms with Crippen LogP contribution in [0.15, 0.2) is 12.1 Å². The molecule has 0 radical (unpaired) electrons. The Balaban J connectivity index is 2.55. The van der Waals surface area contributed by atoms with E-state index in [9.17, 15) is 13.9 Å². The molecule has 112 valence electrons. The van der Waals surface area contributed by atoms with Crippen LogP contribution < -0.4 is 5.73 Å². The number of benzene rings is 1. The van der Waals surface area contributed by atoms with Crippen molar-refractivity contribution < 1.29 is 13.9 Å². The second-order valence-corrected chi connectivity index (χ2v) is 6.18. The second-order valence-electron chi connectivity index (χ2n) is 6.18. The first-order valence-electron chi connectivity index (χ1n) is 7.29. The number of rotatable bonds is 3. The minimum Gasteiger partial charge on any atom is -0.507 e. The molecule has 0 spiro atoms. The maximum atomic E-state index is 13.1. The van der Waals surface area contributed by atoms with Gasteiger partial charge in [-0.1, -0.05) is 33.1 Å². The fourth-order valence-corrected chi connectivity index (χ4v) is 3.01. The number of phenolic OH excluding ortho intramolecular Hbond substituents is 1. The first-order chi connectivity index (χ1) is 9.35. The van der Waals surface area contributed by atoms with E-state index < -0.39 is 12.0 Å². The predicted octanol–water partition coefficient (Wildman–Crippen LogP) is 4.57. The van der Waals surface area contributed by atoms with Gasteiger partial charge in [0.1, 0.15) is 5.75 Å². The number of aromatic hydroxyl groups is 1. The minimum atomic E-state index is -2.68. The lowest BCUT2D eigenvalue weighted by atomic mass is 9.75. The predicted molar refractivity (Wildman–Crippen MR) is 76.1 cm³/mol. The van der Waals surface area contributed by atoms with Crippen LogP contribution in [0.4, 0.5) is 8.78 Å². The van der Waals surface area contributed by atoms with Gasteiger partial charge in [0.2, 0.25) is 0 Å². The molecule has 0 heterocycles. The molecule has 1 aliphatic carbocycles. The first-order valence-corrected chi connectivity index (χ1v) is 7.29. The average molecular weight is 283 g/mol. The number of hydrogen-bond donors (Lipinski definition) is 2. The number of phenols is 1. The Labute approximate surface area is 119 Å². The van der Waals surface area contributed by atoms with Crippen LogP contribution in [0, 0.1) is 0 Å². The van der Waals surface area contributed by atoms with E-state index in [2.05, 4.69) is 0 Å². The third-order valence-corrected chi connectivity index (χ3v) is 4.35. The van der Waals surface area contributed by atoms with Crippen molar-refractivity contribution in [2.75, 3.05) is 0 Å². The van der Waals surface area contributed by atoms with E-state index in [-0.39, 0.29) is 17.2 Å². The van der Waals surface area contributed by atoms with Crippen LogP contribution in [0.3, 0.4) is 0 Å². The molecule has 1 saturated carbocycles. The Kier molecular flexibility index (Phi) is 4.33. The molecule has 0 aromatic heterocycles. The zero-order chi connectivity index (χ0) is 14.9. The minimum absolute atomic E-state index is 0.124. The number of alkyl halides is 2. The molecule has 0 amide bonds. The van der Waals surface area contributed by atoms with Gasteiger partial charge >= 0.3 is 0 Å². The quantitative estimate of drug-likeness (QED) is 0.853. The van der Waals surface area contributed by atoms with Crippen molar-refractivity contribution in [3.05, 3.63) is 28.8 Å². The Hall–Kier alpha value is -1.16. The number of hydrogen-bond acceptors (Lipinski definition) is 2. The van der Waals surface area contributed by atoms with Crippen molar-refractivity contribution in [1.29, 1.82) is 0 Å². The molecule has 0 unspecified atom stereocenters. The molecule has 1 aliphatic rings. The average Bonchev–Trinajstić information content (AvgIpc) is 2.38. The van der Waals surface area contributed by atoms with Crippen LogP contribution in [-0.2, 0) is 5.54 Å². The molecular weight excluding hydrogens is 260 g/mol. The van der Waals surface area contributed by atoms with Gasteiger partial charge in [0.25, 0.3) is 6.43 Å². The van der Waals surface area contributed by atoms with Crippen molar-refractivity contribution in [1.82, 2.24) is 0 Å². The zero-order valence-electron chi connectivity index (χ0n) is 12.1. The molecule has 1 aromatic carbocycles. The fraction of sp³-hybridized carbons (Fsp3) is 0.625. The van der Waals surface area contributed by atoms with E-state index in [1.807, 2.05) is 19.9 Å². The summed E-state index contributed by atoms with van der Waals surface area (Å²) in [7, 11) is 0. The van der Waals surface area contributed by atoms with Crippen LogP contribution in [0.25, 0.3) is 0 Å². The molecule has 0 aliphatic heterocycles. The lowest BCUT2D eigenvalue weighted by Crippen LogP contribution is -2.38. The molecule has 1 aromatic rings. The summed E-state index contributed by atoms with van der Waals surface area (Å²) in [5.74, 6) is -0.187. The second kappa shape index (κ2) is 5.68. The van der Waals surface area contributed by atoms with Gasteiger partial charge in [0.15, 0.2) is 0 Å². The summed E-state index contributed by atoms with van der Waals surface area (Å²) in [5, 5.41) is 10.2. The number of nitrogens with two attached hydrogens (primary N) is 1. The molecule has 0 atom stereocenters. The highest BCUT2D eigenvalue weighted by Crippen LogP contribution is 2.43. The summed E-state index contributed by atoms with van der Waals surface area (Å²) in [4.78, 5) is 0. The zero-order valence-corrected chi connectivity index (χ0v) is 12.1. The molecule has 0 saturated heterocycles. The number of halogens is 2. The van der Waals surface area contributed by atoms with Gasteiger partial charge < -0.3 is 10.8 Å². The normalized spacial score (nSPS) is 18.8. The van der Waals surface area contributed by atoms with E-state index in [1.165, 1.54) is 6.07 Å². The lowest BCUT2D eigenvalue weighted by molar-refractivity contribution is 0.146. The first kappa shape index (κ1) is 15.2. The van der Waals surface area contributed by atoms with Crippen molar-refractivity contribution in [2.24, 2.45) is 5.73 Å². The third kappa shape index (κ3) is 2.80. The fourth-order valence-electron chi connectivity index (χ4n) is 3.01. The van der Waals surface area contributed by atoms with Crippen molar-refractivity contribution in [3.63, 3.8) is 0 Å². The standard InChI is InChI=1S/C16H23F2NO/c1-10(2)11-8-12(15(17)18)14(20)13(9-11)16(19)6-4-3-5-7-16/h8-10,15,20H,3-7,19H2,1-2H3. The van der Waals surface area contributed by atoms with Crippen molar-refractivity contribution in [3.8, 4) is 5.75 Å². The highest BCUT2D eigenvalue weighted by atomic mass is 19.3. The maximum absolute atomic E-state index is 13.1. The van der Waals surface area contributed by atoms with Gasteiger partial charge in [0.05, 0.1) is 5.56 Å². The molecule has 3 N–H and O–H groups in total. The van der Waals surface area contributed by atoms with Gasteiger partial charge in [-0.2, -0.15) is 0 Å². The van der Waals surface area contributed by atoms with Crippen molar-refractivity contribution in [2.45, 2.75) is 63.8 Å². The smallest absolute Gasteiger partial charge is 0.267 e. The van der Waals surface area contributed by atoms with Gasteiger partial charge in [-0.3, -0.25) is 0 Å². The monoisotopic (exact) mass is 283 g/mol. The SMILES string of the molecule is CC(C)c1cc(C(F)F)c(O)c(C2(N)CCCCC2)c1. The van der Waals surface area contributed by atoms with Gasteiger partial charge in [0, 0.05) is 11.1 Å². The van der Waals surface area contributed by atoms with E-state index in [4.69, 9.17) is 5.73 Å². The van der Waals surface area contributed by atoms with Gasteiger partial charge in [-0.05, 0) is 36.5 Å². The van der Waals surface area contributed by atoms with Crippen LogP contribution in [0.2, 0.25) is 0 Å². The van der Waals surface area contributed by atoms with Crippen LogP contribution in [-0.4, -0.2) is 5.11 Å². The molecule has 1 fully saturated rings. The molecule has 4 heteroatoms. The Morgan fingerprint density at radius 2 is 1.75 bits per heavy atom. The topological polar surface area (TPSA) is 46.2 Å². The van der Waals surface area contributed by atoms with E-state index in [0.717, 1.165) is 37.7 Å². The maximum Gasteiger partial charge on any atom is 0.267 e. The molecule has 2 rings (SSSR count). The molecular formula is C16H23F2NO. The van der Waals surface area contributed by atoms with E-state index in [0.29, 0.717) is 5.56 Å². The molecule has 20 heavy (non-hydrogen) atoms. The summed E-state index contributed by atoms with van der Waals surface area (Å²) >= 11 is 0. The van der Waals surface area contributed by atoms with Gasteiger partial charge in [-0.15, -0.1) is 0 Å². The Bertz CT molecular complexity index is 480. The summed E-state index contributed by atoms with van der Waals surface area (Å²) in [6.45, 7) is 3.91. The van der Waals surface area contributed by atoms with Gasteiger partial charge in [-0.25, -0.2) is 8.78 Å². The lowest BCUT2D eigenvalue weighted by Gasteiger charge is -2.35. The molecule has 0 bridgehead atoms. The van der Waals surface area contributed by atoms with Crippen LogP contribution in [0.5, 0.6) is 5.75 Å².